The van der Waals surface area contributed by atoms with Crippen molar-refractivity contribution < 1.29 is 14.3 Å². The predicted molar refractivity (Wildman–Crippen MR) is 71.7 cm³/mol. The zero-order valence-electron chi connectivity index (χ0n) is 12.1. The molecule has 1 heterocycles. The Bertz CT molecular complexity index is 358. The fraction of sp³-hybridized carbons (Fsp3) is 0.857. The van der Waals surface area contributed by atoms with Gasteiger partial charge in [0.25, 0.3) is 0 Å². The summed E-state index contributed by atoms with van der Waals surface area (Å²) < 4.78 is 5.39. The lowest BCUT2D eigenvalue weighted by Crippen LogP contribution is -2.51. The van der Waals surface area contributed by atoms with Gasteiger partial charge in [0.05, 0.1) is 0 Å². The van der Waals surface area contributed by atoms with E-state index in [-0.39, 0.29) is 12.0 Å². The van der Waals surface area contributed by atoms with Crippen LogP contribution in [0.2, 0.25) is 0 Å². The van der Waals surface area contributed by atoms with Crippen LogP contribution < -0.4 is 5.32 Å². The Morgan fingerprint density at radius 2 is 1.84 bits per heavy atom. The molecule has 0 aromatic carbocycles. The third kappa shape index (κ3) is 3.61. The molecule has 2 amide bonds. The highest BCUT2D eigenvalue weighted by molar-refractivity contribution is 5.84. The fourth-order valence-corrected chi connectivity index (χ4v) is 2.43. The second-order valence-electron chi connectivity index (χ2n) is 6.46. The van der Waals surface area contributed by atoms with Crippen molar-refractivity contribution in [3.05, 3.63) is 0 Å². The molecule has 0 bridgehead atoms. The second kappa shape index (κ2) is 5.39. The van der Waals surface area contributed by atoms with E-state index in [1.165, 1.54) is 6.42 Å². The van der Waals surface area contributed by atoms with Crippen molar-refractivity contribution in [3.8, 4) is 0 Å². The molecule has 1 aliphatic carbocycles. The van der Waals surface area contributed by atoms with Crippen molar-refractivity contribution in [1.29, 1.82) is 0 Å². The molecule has 1 aliphatic heterocycles. The SMILES string of the molecule is CC(C)(C)OC(=O)[C@@H]1CCCN1C(=O)NC1CCC1. The normalized spacial score (nSPS) is 23.9. The lowest BCUT2D eigenvalue weighted by atomic mass is 9.93. The van der Waals surface area contributed by atoms with Crippen LogP contribution in [0.25, 0.3) is 0 Å². The van der Waals surface area contributed by atoms with Gasteiger partial charge < -0.3 is 15.0 Å². The molecule has 0 spiro atoms. The van der Waals surface area contributed by atoms with E-state index in [0.717, 1.165) is 19.3 Å². The number of esters is 1. The molecule has 1 saturated heterocycles. The third-order valence-electron chi connectivity index (χ3n) is 3.63. The van der Waals surface area contributed by atoms with E-state index in [9.17, 15) is 9.59 Å². The molecule has 1 saturated carbocycles. The first-order chi connectivity index (χ1) is 8.87. The molecule has 2 rings (SSSR count). The molecule has 1 N–H and O–H groups in total. The highest BCUT2D eigenvalue weighted by Gasteiger charge is 2.37. The van der Waals surface area contributed by atoms with Crippen molar-refractivity contribution in [2.24, 2.45) is 0 Å². The van der Waals surface area contributed by atoms with Crippen molar-refractivity contribution in [2.45, 2.75) is 70.6 Å². The first kappa shape index (κ1) is 14.2. The monoisotopic (exact) mass is 268 g/mol. The molecule has 0 aromatic rings. The Labute approximate surface area is 114 Å². The van der Waals surface area contributed by atoms with Gasteiger partial charge in [-0.3, -0.25) is 0 Å². The quantitative estimate of drug-likeness (QED) is 0.780. The van der Waals surface area contributed by atoms with Gasteiger partial charge in [0.1, 0.15) is 11.6 Å². The fourth-order valence-electron chi connectivity index (χ4n) is 2.43. The van der Waals surface area contributed by atoms with Gasteiger partial charge in [0, 0.05) is 12.6 Å². The summed E-state index contributed by atoms with van der Waals surface area (Å²) in [5, 5.41) is 2.99. The van der Waals surface area contributed by atoms with Crippen molar-refractivity contribution in [1.82, 2.24) is 10.2 Å². The van der Waals surface area contributed by atoms with Crippen molar-refractivity contribution in [3.63, 3.8) is 0 Å². The molecule has 2 aliphatic rings. The van der Waals surface area contributed by atoms with Crippen LogP contribution in [0, 0.1) is 0 Å². The largest absolute Gasteiger partial charge is 0.458 e. The van der Waals surface area contributed by atoms with Gasteiger partial charge in [-0.15, -0.1) is 0 Å². The number of hydrogen-bond acceptors (Lipinski definition) is 3. The van der Waals surface area contributed by atoms with Crippen LogP contribution in [0.15, 0.2) is 0 Å². The second-order valence-corrected chi connectivity index (χ2v) is 6.46. The minimum absolute atomic E-state index is 0.113. The summed E-state index contributed by atoms with van der Waals surface area (Å²) in [4.78, 5) is 25.9. The molecule has 2 fully saturated rings. The van der Waals surface area contributed by atoms with E-state index >= 15 is 0 Å². The molecule has 0 radical (unpaired) electrons. The molecule has 19 heavy (non-hydrogen) atoms. The summed E-state index contributed by atoms with van der Waals surface area (Å²) in [6.45, 7) is 6.18. The summed E-state index contributed by atoms with van der Waals surface area (Å²) in [6, 6.07) is -0.232. The maximum absolute atomic E-state index is 12.1. The highest BCUT2D eigenvalue weighted by Crippen LogP contribution is 2.23. The Morgan fingerprint density at radius 1 is 1.16 bits per heavy atom. The van der Waals surface area contributed by atoms with E-state index in [4.69, 9.17) is 4.74 Å². The number of carbonyl (C=O) groups is 2. The predicted octanol–water partition coefficient (Wildman–Crippen LogP) is 2.05. The van der Waals surface area contributed by atoms with Gasteiger partial charge in [-0.1, -0.05) is 0 Å². The summed E-state index contributed by atoms with van der Waals surface area (Å²) in [6.07, 6.45) is 4.85. The lowest BCUT2D eigenvalue weighted by molar-refractivity contribution is -0.159. The molecular weight excluding hydrogens is 244 g/mol. The van der Waals surface area contributed by atoms with E-state index < -0.39 is 11.6 Å². The van der Waals surface area contributed by atoms with Crippen LogP contribution in [0.3, 0.4) is 0 Å². The maximum atomic E-state index is 12.1. The van der Waals surface area contributed by atoms with E-state index in [1.807, 2.05) is 20.8 Å². The Morgan fingerprint density at radius 3 is 2.37 bits per heavy atom. The van der Waals surface area contributed by atoms with Crippen LogP contribution >= 0.6 is 0 Å². The Kier molecular flexibility index (Phi) is 4.02. The third-order valence-corrected chi connectivity index (χ3v) is 3.63. The van der Waals surface area contributed by atoms with Gasteiger partial charge in [-0.05, 0) is 52.9 Å². The number of ether oxygens (including phenoxy) is 1. The van der Waals surface area contributed by atoms with Gasteiger partial charge in [-0.2, -0.15) is 0 Å². The molecule has 1 atom stereocenters. The number of hydrogen-bond donors (Lipinski definition) is 1. The number of amides is 2. The van der Waals surface area contributed by atoms with E-state index in [1.54, 1.807) is 4.90 Å². The average Bonchev–Trinajstić information content (AvgIpc) is 2.69. The van der Waals surface area contributed by atoms with Crippen LogP contribution in [-0.4, -0.2) is 41.1 Å². The zero-order valence-corrected chi connectivity index (χ0v) is 12.1. The molecular formula is C14H24N2O3. The standard InChI is InChI=1S/C14H24N2O3/c1-14(2,3)19-12(17)11-8-5-9-16(11)13(18)15-10-6-4-7-10/h10-11H,4-9H2,1-3H3,(H,15,18)/t11-/m0/s1. The van der Waals surface area contributed by atoms with Gasteiger partial charge in [-0.25, -0.2) is 9.59 Å². The van der Waals surface area contributed by atoms with Crippen LogP contribution in [0.4, 0.5) is 4.79 Å². The highest BCUT2D eigenvalue weighted by atomic mass is 16.6. The minimum atomic E-state index is -0.504. The van der Waals surface area contributed by atoms with E-state index in [2.05, 4.69) is 5.32 Å². The van der Waals surface area contributed by atoms with E-state index in [0.29, 0.717) is 19.0 Å². The number of likely N-dealkylation sites (tertiary alicyclic amines) is 1. The lowest BCUT2D eigenvalue weighted by Gasteiger charge is -2.31. The zero-order chi connectivity index (χ0) is 14.0. The molecule has 0 unspecified atom stereocenters. The smallest absolute Gasteiger partial charge is 0.329 e. The molecule has 5 nitrogen and oxygen atoms in total. The maximum Gasteiger partial charge on any atom is 0.329 e. The van der Waals surface area contributed by atoms with Crippen LogP contribution in [0.5, 0.6) is 0 Å². The van der Waals surface area contributed by atoms with Crippen LogP contribution in [0.1, 0.15) is 52.9 Å². The number of carbonyl (C=O) groups excluding carboxylic acids is 2. The molecule has 108 valence electrons. The average molecular weight is 268 g/mol. The summed E-state index contributed by atoms with van der Waals surface area (Å²) in [5.74, 6) is -0.284. The van der Waals surface area contributed by atoms with Gasteiger partial charge in [0.15, 0.2) is 0 Å². The number of nitrogens with one attached hydrogen (secondary N) is 1. The van der Waals surface area contributed by atoms with Crippen molar-refractivity contribution in [2.75, 3.05) is 6.54 Å². The summed E-state index contributed by atoms with van der Waals surface area (Å²) in [5.41, 5.74) is -0.504. The number of nitrogens with zero attached hydrogens (tertiary/aromatic N) is 1. The summed E-state index contributed by atoms with van der Waals surface area (Å²) in [7, 11) is 0. The Hall–Kier alpha value is -1.26. The van der Waals surface area contributed by atoms with Gasteiger partial charge >= 0.3 is 12.0 Å². The van der Waals surface area contributed by atoms with Crippen molar-refractivity contribution >= 4 is 12.0 Å². The topological polar surface area (TPSA) is 58.6 Å². The van der Waals surface area contributed by atoms with Gasteiger partial charge in [0.2, 0.25) is 0 Å². The molecule has 0 aromatic heterocycles. The molecule has 5 heteroatoms. The first-order valence-corrected chi connectivity index (χ1v) is 7.17. The first-order valence-electron chi connectivity index (χ1n) is 7.17. The number of urea groups is 1. The summed E-state index contributed by atoms with van der Waals surface area (Å²) >= 11 is 0. The minimum Gasteiger partial charge on any atom is -0.458 e. The Balaban J connectivity index is 1.91. The van der Waals surface area contributed by atoms with Crippen LogP contribution in [-0.2, 0) is 9.53 Å². The number of rotatable bonds is 2.